The van der Waals surface area contributed by atoms with Gasteiger partial charge in [0.15, 0.2) is 0 Å². The molecule has 0 bridgehead atoms. The predicted octanol–water partition coefficient (Wildman–Crippen LogP) is 0.241. The lowest BCUT2D eigenvalue weighted by molar-refractivity contribution is -0.133. The van der Waals surface area contributed by atoms with Crippen molar-refractivity contribution in [3.63, 3.8) is 0 Å². The van der Waals surface area contributed by atoms with Crippen molar-refractivity contribution in [1.82, 2.24) is 10.2 Å². The number of carbonyl (C=O) groups excluding carboxylic acids is 2. The summed E-state index contributed by atoms with van der Waals surface area (Å²) in [6.07, 6.45) is 5.80. The van der Waals surface area contributed by atoms with Gasteiger partial charge in [0.25, 0.3) is 0 Å². The Kier molecular flexibility index (Phi) is 4.22. The van der Waals surface area contributed by atoms with Crippen LogP contribution in [0.3, 0.4) is 0 Å². The summed E-state index contributed by atoms with van der Waals surface area (Å²) in [4.78, 5) is 25.6. The van der Waals surface area contributed by atoms with Gasteiger partial charge in [-0.05, 0) is 19.3 Å². The molecule has 2 rings (SSSR count). The summed E-state index contributed by atoms with van der Waals surface area (Å²) in [5.74, 6) is -0.130. The third-order valence-corrected chi connectivity index (χ3v) is 4.15. The Morgan fingerprint density at radius 3 is 2.67 bits per heavy atom. The number of nitrogens with two attached hydrogens (primary N) is 1. The second-order valence-corrected chi connectivity index (χ2v) is 5.52. The molecule has 1 aliphatic heterocycles. The first-order chi connectivity index (χ1) is 8.59. The van der Waals surface area contributed by atoms with Gasteiger partial charge in [-0.2, -0.15) is 0 Å². The average Bonchev–Trinajstić information content (AvgIpc) is 2.57. The minimum Gasteiger partial charge on any atom is -0.344 e. The topological polar surface area (TPSA) is 75.4 Å². The molecule has 1 saturated carbocycles. The fraction of sp³-hybridized carbons (Fsp3) is 0.846. The van der Waals surface area contributed by atoms with E-state index in [0.29, 0.717) is 6.42 Å². The molecule has 0 spiro atoms. The molecule has 0 aromatic heterocycles. The van der Waals surface area contributed by atoms with Crippen LogP contribution in [-0.4, -0.2) is 42.4 Å². The summed E-state index contributed by atoms with van der Waals surface area (Å²) in [6.45, 7) is 0.723. The minimum atomic E-state index is -0.335. The molecule has 3 N–H and O–H groups in total. The van der Waals surface area contributed by atoms with Crippen LogP contribution in [0.25, 0.3) is 0 Å². The highest BCUT2D eigenvalue weighted by molar-refractivity contribution is 5.89. The summed E-state index contributed by atoms with van der Waals surface area (Å²) < 4.78 is 0. The van der Waals surface area contributed by atoms with Crippen LogP contribution in [0.15, 0.2) is 0 Å². The summed E-state index contributed by atoms with van der Waals surface area (Å²) in [5, 5.41) is 2.88. The Bertz CT molecular complexity index is 332. The van der Waals surface area contributed by atoms with Gasteiger partial charge in [-0.15, -0.1) is 0 Å². The normalized spacial score (nSPS) is 33.3. The number of hydrogen-bond donors (Lipinski definition) is 2. The minimum absolute atomic E-state index is 0.0190. The zero-order valence-corrected chi connectivity index (χ0v) is 11.0. The van der Waals surface area contributed by atoms with E-state index in [1.165, 1.54) is 0 Å². The molecule has 5 nitrogen and oxygen atoms in total. The number of likely N-dealkylation sites (N-methyl/N-ethyl adjacent to an activating group) is 1. The summed E-state index contributed by atoms with van der Waals surface area (Å²) in [5.41, 5.74) is 6.06. The van der Waals surface area contributed by atoms with Crippen LogP contribution in [0.4, 0.5) is 0 Å². The van der Waals surface area contributed by atoms with Crippen LogP contribution in [0.1, 0.15) is 38.5 Å². The molecule has 3 unspecified atom stereocenters. The zero-order chi connectivity index (χ0) is 13.1. The maximum absolute atomic E-state index is 12.2. The monoisotopic (exact) mass is 253 g/mol. The van der Waals surface area contributed by atoms with Crippen molar-refractivity contribution >= 4 is 11.8 Å². The highest BCUT2D eigenvalue weighted by atomic mass is 16.2. The first-order valence-electron chi connectivity index (χ1n) is 6.90. The van der Waals surface area contributed by atoms with E-state index >= 15 is 0 Å². The van der Waals surface area contributed by atoms with Crippen LogP contribution in [0.2, 0.25) is 0 Å². The van der Waals surface area contributed by atoms with Crippen molar-refractivity contribution in [1.29, 1.82) is 0 Å². The van der Waals surface area contributed by atoms with Gasteiger partial charge >= 0.3 is 0 Å². The van der Waals surface area contributed by atoms with Gasteiger partial charge in [0, 0.05) is 19.6 Å². The van der Waals surface area contributed by atoms with Gasteiger partial charge in [-0.1, -0.05) is 19.3 Å². The van der Waals surface area contributed by atoms with Crippen molar-refractivity contribution in [2.75, 3.05) is 13.6 Å². The van der Waals surface area contributed by atoms with Crippen molar-refractivity contribution in [2.24, 2.45) is 11.7 Å². The quantitative estimate of drug-likeness (QED) is 0.692. The summed E-state index contributed by atoms with van der Waals surface area (Å²) in [6, 6.07) is -0.389. The summed E-state index contributed by atoms with van der Waals surface area (Å²) in [7, 11) is 1.77. The maximum Gasteiger partial charge on any atom is 0.244 e. The fourth-order valence-corrected chi connectivity index (χ4v) is 2.90. The van der Waals surface area contributed by atoms with E-state index < -0.39 is 0 Å². The molecule has 18 heavy (non-hydrogen) atoms. The van der Waals surface area contributed by atoms with Crippen LogP contribution >= 0.6 is 0 Å². The van der Waals surface area contributed by atoms with E-state index in [1.54, 1.807) is 11.9 Å². The third-order valence-electron chi connectivity index (χ3n) is 4.15. The highest BCUT2D eigenvalue weighted by Gasteiger charge is 2.34. The van der Waals surface area contributed by atoms with E-state index in [9.17, 15) is 9.59 Å². The van der Waals surface area contributed by atoms with E-state index in [2.05, 4.69) is 5.32 Å². The first kappa shape index (κ1) is 13.3. The smallest absolute Gasteiger partial charge is 0.244 e. The molecule has 0 aromatic rings. The molecule has 102 valence electrons. The number of likely N-dealkylation sites (tertiary alicyclic amines) is 1. The Morgan fingerprint density at radius 2 is 2.00 bits per heavy atom. The number of amides is 2. The number of nitrogens with zero attached hydrogens (tertiary/aromatic N) is 1. The SMILES string of the molecule is CN1CCC(NC(=O)C2CCCCCC2N)C1=O. The van der Waals surface area contributed by atoms with Gasteiger partial charge in [-0.25, -0.2) is 0 Å². The fourth-order valence-electron chi connectivity index (χ4n) is 2.90. The van der Waals surface area contributed by atoms with Crippen molar-refractivity contribution in [3.8, 4) is 0 Å². The van der Waals surface area contributed by atoms with Gasteiger partial charge in [0.05, 0.1) is 5.92 Å². The molecule has 1 aliphatic carbocycles. The number of carbonyl (C=O) groups is 2. The molecular formula is C13H23N3O2. The molecule has 5 heteroatoms. The molecule has 3 atom stereocenters. The van der Waals surface area contributed by atoms with Crippen molar-refractivity contribution < 1.29 is 9.59 Å². The molecule has 1 saturated heterocycles. The lowest BCUT2D eigenvalue weighted by atomic mass is 9.94. The molecule has 0 radical (unpaired) electrons. The number of hydrogen-bond acceptors (Lipinski definition) is 3. The Hall–Kier alpha value is -1.10. The zero-order valence-electron chi connectivity index (χ0n) is 11.0. The van der Waals surface area contributed by atoms with Crippen molar-refractivity contribution in [2.45, 2.75) is 50.6 Å². The lowest BCUT2D eigenvalue weighted by Gasteiger charge is -2.22. The van der Waals surface area contributed by atoms with Gasteiger partial charge in [0.1, 0.15) is 6.04 Å². The largest absolute Gasteiger partial charge is 0.344 e. The second-order valence-electron chi connectivity index (χ2n) is 5.52. The third kappa shape index (κ3) is 2.83. The Morgan fingerprint density at radius 1 is 1.28 bits per heavy atom. The average molecular weight is 253 g/mol. The molecule has 2 amide bonds. The number of rotatable bonds is 2. The maximum atomic E-state index is 12.2. The molecule has 2 aliphatic rings. The van der Waals surface area contributed by atoms with E-state index in [1.807, 2.05) is 0 Å². The highest BCUT2D eigenvalue weighted by Crippen LogP contribution is 2.23. The molecule has 0 aromatic carbocycles. The van der Waals surface area contributed by atoms with Crippen LogP contribution < -0.4 is 11.1 Å². The molecule has 1 heterocycles. The second kappa shape index (κ2) is 5.69. The summed E-state index contributed by atoms with van der Waals surface area (Å²) >= 11 is 0. The lowest BCUT2D eigenvalue weighted by Crippen LogP contribution is -2.47. The Labute approximate surface area is 108 Å². The van der Waals surface area contributed by atoms with E-state index in [0.717, 1.165) is 38.6 Å². The van der Waals surface area contributed by atoms with Crippen LogP contribution in [0, 0.1) is 5.92 Å². The molecular weight excluding hydrogens is 230 g/mol. The standard InChI is InChI=1S/C13H23N3O2/c1-16-8-7-11(13(16)18)15-12(17)9-5-3-2-4-6-10(9)14/h9-11H,2-8,14H2,1H3,(H,15,17). The van der Waals surface area contributed by atoms with E-state index in [4.69, 9.17) is 5.73 Å². The van der Waals surface area contributed by atoms with E-state index in [-0.39, 0.29) is 29.8 Å². The van der Waals surface area contributed by atoms with Gasteiger partial charge in [-0.3, -0.25) is 9.59 Å². The first-order valence-corrected chi connectivity index (χ1v) is 6.90. The Balaban J connectivity index is 1.92. The predicted molar refractivity (Wildman–Crippen MR) is 68.7 cm³/mol. The number of nitrogens with one attached hydrogen (secondary N) is 1. The van der Waals surface area contributed by atoms with Gasteiger partial charge in [0.2, 0.25) is 11.8 Å². The van der Waals surface area contributed by atoms with Crippen molar-refractivity contribution in [3.05, 3.63) is 0 Å². The molecule has 2 fully saturated rings. The van der Waals surface area contributed by atoms with Crippen LogP contribution in [-0.2, 0) is 9.59 Å². The van der Waals surface area contributed by atoms with Gasteiger partial charge < -0.3 is 16.0 Å². The van der Waals surface area contributed by atoms with Crippen LogP contribution in [0.5, 0.6) is 0 Å².